The number of hydrogen-bond acceptors (Lipinski definition) is 5. The number of anilines is 1. The Morgan fingerprint density at radius 2 is 1.78 bits per heavy atom. The lowest BCUT2D eigenvalue weighted by atomic mass is 9.92. The molecule has 0 aliphatic carbocycles. The van der Waals surface area contributed by atoms with Crippen LogP contribution < -0.4 is 10.6 Å². The van der Waals surface area contributed by atoms with Gasteiger partial charge in [0.2, 0.25) is 11.8 Å². The molecule has 0 spiro atoms. The van der Waals surface area contributed by atoms with Gasteiger partial charge < -0.3 is 24.8 Å². The van der Waals surface area contributed by atoms with Gasteiger partial charge in [0.25, 0.3) is 0 Å². The van der Waals surface area contributed by atoms with Crippen molar-refractivity contribution in [1.82, 2.24) is 19.8 Å². The van der Waals surface area contributed by atoms with E-state index in [1.54, 1.807) is 24.1 Å². The zero-order chi connectivity index (χ0) is 27.3. The normalized spacial score (nSPS) is 15.0. The molecule has 0 bridgehead atoms. The highest BCUT2D eigenvalue weighted by Gasteiger charge is 2.23. The molecule has 2 aromatic rings. The van der Waals surface area contributed by atoms with Gasteiger partial charge in [-0.05, 0) is 36.8 Å². The zero-order valence-corrected chi connectivity index (χ0v) is 23.6. The van der Waals surface area contributed by atoms with E-state index < -0.39 is 6.04 Å². The van der Waals surface area contributed by atoms with Crippen molar-refractivity contribution in [3.05, 3.63) is 48.4 Å². The Kier molecular flexibility index (Phi) is 12.8. The first-order valence-electron chi connectivity index (χ1n) is 13.5. The van der Waals surface area contributed by atoms with Crippen molar-refractivity contribution >= 4 is 17.6 Å². The van der Waals surface area contributed by atoms with E-state index in [9.17, 15) is 9.59 Å². The van der Waals surface area contributed by atoms with Gasteiger partial charge in [-0.1, -0.05) is 77.8 Å². The fraction of sp³-hybridized carbons (Fsp3) is 0.621. The van der Waals surface area contributed by atoms with E-state index in [-0.39, 0.29) is 25.0 Å². The first-order valence-corrected chi connectivity index (χ1v) is 13.5. The summed E-state index contributed by atoms with van der Waals surface area (Å²) in [7, 11) is 1.72. The van der Waals surface area contributed by atoms with E-state index in [0.717, 1.165) is 37.4 Å². The molecule has 1 aliphatic heterocycles. The molecule has 0 saturated carbocycles. The lowest BCUT2D eigenvalue weighted by molar-refractivity contribution is -0.133. The summed E-state index contributed by atoms with van der Waals surface area (Å²) in [6.07, 6.45) is 7.90. The Morgan fingerprint density at radius 1 is 1.14 bits per heavy atom. The second-order valence-corrected chi connectivity index (χ2v) is 11.4. The number of imidazole rings is 1. The van der Waals surface area contributed by atoms with Gasteiger partial charge in [0.05, 0.1) is 19.5 Å². The minimum absolute atomic E-state index is 0.0950. The molecule has 2 heterocycles. The first-order chi connectivity index (χ1) is 17.6. The van der Waals surface area contributed by atoms with Crippen molar-refractivity contribution < 1.29 is 14.3 Å². The second-order valence-electron chi connectivity index (χ2n) is 11.4. The molecule has 1 fully saturated rings. The number of carbonyl (C=O) groups excluding carboxylic acids is 2. The molecule has 8 heteroatoms. The number of likely N-dealkylation sites (N-methyl/N-ethyl adjacent to an activating group) is 1. The van der Waals surface area contributed by atoms with Crippen LogP contribution in [0.2, 0.25) is 0 Å². The van der Waals surface area contributed by atoms with Crippen LogP contribution in [-0.4, -0.2) is 59.1 Å². The highest BCUT2D eigenvalue weighted by atomic mass is 16.5. The molecular formula is C29H47N5O3. The predicted molar refractivity (Wildman–Crippen MR) is 149 cm³/mol. The van der Waals surface area contributed by atoms with Crippen LogP contribution in [0.25, 0.3) is 0 Å². The maximum absolute atomic E-state index is 12.6. The number of nitrogens with zero attached hydrogens (tertiary/aromatic N) is 3. The third-order valence-corrected chi connectivity index (χ3v) is 5.93. The predicted octanol–water partition coefficient (Wildman–Crippen LogP) is 4.72. The highest BCUT2D eigenvalue weighted by molar-refractivity contribution is 5.94. The molecule has 2 N–H and O–H groups in total. The van der Waals surface area contributed by atoms with E-state index in [1.165, 1.54) is 12.8 Å². The van der Waals surface area contributed by atoms with Gasteiger partial charge in [0, 0.05) is 19.3 Å². The van der Waals surface area contributed by atoms with Gasteiger partial charge in [-0.3, -0.25) is 9.59 Å². The summed E-state index contributed by atoms with van der Waals surface area (Å²) in [5.41, 5.74) is 1.56. The number of carbonyl (C=O) groups is 2. The summed E-state index contributed by atoms with van der Waals surface area (Å²) in [4.78, 5) is 31.4. The fourth-order valence-electron chi connectivity index (χ4n) is 4.02. The van der Waals surface area contributed by atoms with Crippen molar-refractivity contribution in [3.63, 3.8) is 0 Å². The summed E-state index contributed by atoms with van der Waals surface area (Å²) in [6, 6.07) is 9.32. The van der Waals surface area contributed by atoms with Crippen LogP contribution in [0.4, 0.5) is 5.82 Å². The van der Waals surface area contributed by atoms with Crippen LogP contribution in [0.1, 0.15) is 65.9 Å². The Hall–Kier alpha value is -2.71. The lowest BCUT2D eigenvalue weighted by Gasteiger charge is -2.32. The van der Waals surface area contributed by atoms with Crippen LogP contribution in [0.5, 0.6) is 0 Å². The van der Waals surface area contributed by atoms with Crippen molar-refractivity contribution in [3.8, 4) is 0 Å². The number of likely N-dealkylation sites (tertiary alicyclic amines) is 1. The molecule has 0 radical (unpaired) electrons. The van der Waals surface area contributed by atoms with Crippen LogP contribution in [0, 0.1) is 11.3 Å². The van der Waals surface area contributed by atoms with E-state index in [2.05, 4.69) is 50.2 Å². The van der Waals surface area contributed by atoms with Crippen LogP contribution in [0.15, 0.2) is 42.9 Å². The van der Waals surface area contributed by atoms with Gasteiger partial charge in [-0.25, -0.2) is 4.98 Å². The van der Waals surface area contributed by atoms with Crippen molar-refractivity contribution in [1.29, 1.82) is 0 Å². The van der Waals surface area contributed by atoms with Crippen LogP contribution >= 0.6 is 0 Å². The number of hydrogen-bond donors (Lipinski definition) is 2. The highest BCUT2D eigenvalue weighted by Crippen LogP contribution is 2.22. The monoisotopic (exact) mass is 513 g/mol. The van der Waals surface area contributed by atoms with Gasteiger partial charge in [0.15, 0.2) is 5.82 Å². The van der Waals surface area contributed by atoms with Crippen LogP contribution in [-0.2, 0) is 27.5 Å². The molecular weight excluding hydrogens is 466 g/mol. The average Bonchev–Trinajstić information content (AvgIpc) is 3.28. The van der Waals surface area contributed by atoms with Crippen molar-refractivity contribution in [2.45, 2.75) is 79.5 Å². The topological polar surface area (TPSA) is 88.5 Å². The summed E-state index contributed by atoms with van der Waals surface area (Å²) in [6.45, 7) is 13.5. The number of rotatable bonds is 11. The zero-order valence-electron chi connectivity index (χ0n) is 23.6. The summed E-state index contributed by atoms with van der Waals surface area (Å²) >= 11 is 0. The molecule has 3 rings (SSSR count). The summed E-state index contributed by atoms with van der Waals surface area (Å²) in [5, 5.41) is 5.77. The standard InChI is InChI=1S/C24H35N5O3.C5H12/c1-3-7-19-10-12-29(13-11-19)23(30)15-28-14-22(26-18-28)27-24(31)21(25-2)17-32-16-20-8-5-4-6-9-20;1-5(2,3)4/h4-6,8-9,14,18-19,21,25H,3,7,10-13,15-17H2,1-2H3,(H,27,31);1-4H3/t21-;/m1./s1. The third-order valence-electron chi connectivity index (χ3n) is 5.93. The van der Waals surface area contributed by atoms with Gasteiger partial charge in [-0.2, -0.15) is 0 Å². The Balaban J connectivity index is 0.000000877. The summed E-state index contributed by atoms with van der Waals surface area (Å²) in [5.74, 6) is 1.04. The largest absolute Gasteiger partial charge is 0.375 e. The maximum atomic E-state index is 12.6. The quantitative estimate of drug-likeness (QED) is 0.454. The molecule has 37 heavy (non-hydrogen) atoms. The lowest BCUT2D eigenvalue weighted by Crippen LogP contribution is -2.42. The molecule has 206 valence electrons. The minimum Gasteiger partial charge on any atom is -0.375 e. The number of ether oxygens (including phenoxy) is 1. The number of piperidine rings is 1. The number of nitrogens with one attached hydrogen (secondary N) is 2. The van der Waals surface area contributed by atoms with Crippen molar-refractivity contribution in [2.24, 2.45) is 11.3 Å². The fourth-order valence-corrected chi connectivity index (χ4v) is 4.02. The Morgan fingerprint density at radius 3 is 2.38 bits per heavy atom. The summed E-state index contributed by atoms with van der Waals surface area (Å²) < 4.78 is 7.40. The molecule has 1 saturated heterocycles. The SMILES string of the molecule is CC(C)(C)C.CCCC1CCN(C(=O)Cn2cnc(NC(=O)[C@@H](COCc3ccccc3)NC)c2)CC1. The van der Waals surface area contributed by atoms with E-state index in [1.807, 2.05) is 35.2 Å². The van der Waals surface area contributed by atoms with Gasteiger partial charge >= 0.3 is 0 Å². The first kappa shape index (κ1) is 30.5. The van der Waals surface area contributed by atoms with Crippen molar-refractivity contribution in [2.75, 3.05) is 32.1 Å². The molecule has 2 amide bonds. The average molecular weight is 514 g/mol. The van der Waals surface area contributed by atoms with E-state index in [4.69, 9.17) is 4.74 Å². The van der Waals surface area contributed by atoms with Gasteiger partial charge in [0.1, 0.15) is 12.6 Å². The molecule has 1 atom stereocenters. The van der Waals surface area contributed by atoms with Crippen LogP contribution in [0.3, 0.4) is 0 Å². The molecule has 1 aromatic heterocycles. The third kappa shape index (κ3) is 12.4. The Labute approximate surface area is 223 Å². The Bertz CT molecular complexity index is 925. The van der Waals surface area contributed by atoms with E-state index >= 15 is 0 Å². The smallest absolute Gasteiger partial charge is 0.245 e. The maximum Gasteiger partial charge on any atom is 0.245 e. The minimum atomic E-state index is -0.505. The van der Waals surface area contributed by atoms with E-state index in [0.29, 0.717) is 17.8 Å². The molecule has 1 aliphatic rings. The molecule has 0 unspecified atom stereocenters. The number of aromatic nitrogens is 2. The second kappa shape index (κ2) is 15.5. The number of amides is 2. The molecule has 8 nitrogen and oxygen atoms in total. The number of benzene rings is 1. The molecule has 1 aromatic carbocycles. The van der Waals surface area contributed by atoms with Gasteiger partial charge in [-0.15, -0.1) is 0 Å².